The number of phenols is 1. The molecule has 0 amide bonds. The van der Waals surface area contributed by atoms with Crippen molar-refractivity contribution in [2.75, 3.05) is 6.54 Å². The van der Waals surface area contributed by atoms with Crippen LogP contribution in [0, 0.1) is 27.1 Å². The molecule has 214 valence electrons. The number of aliphatic hydroxyl groups is 1. The van der Waals surface area contributed by atoms with Gasteiger partial charge >= 0.3 is 0 Å². The summed E-state index contributed by atoms with van der Waals surface area (Å²) in [6, 6.07) is 7.20. The summed E-state index contributed by atoms with van der Waals surface area (Å²) in [6.07, 6.45) is 3.60. The average Bonchev–Trinajstić information content (AvgIpc) is 2.74. The van der Waals surface area contributed by atoms with Gasteiger partial charge in [-0.15, -0.1) is 0 Å². The smallest absolute Gasteiger partial charge is 0.184 e. The van der Waals surface area contributed by atoms with Crippen molar-refractivity contribution in [3.05, 3.63) is 29.8 Å². The number of rotatable bonds is 11. The lowest BCUT2D eigenvalue weighted by Crippen LogP contribution is -2.55. The van der Waals surface area contributed by atoms with Crippen molar-refractivity contribution in [1.29, 1.82) is 0 Å². The molecule has 4 N–H and O–H groups in total. The molecule has 1 aliphatic heterocycles. The molecule has 37 heavy (non-hydrogen) atoms. The van der Waals surface area contributed by atoms with E-state index < -0.39 is 6.29 Å². The maximum absolute atomic E-state index is 10.1. The average molecular weight is 520 g/mol. The summed E-state index contributed by atoms with van der Waals surface area (Å²) < 4.78 is 13.2. The summed E-state index contributed by atoms with van der Waals surface area (Å²) in [5, 5.41) is 20.2. The third-order valence-corrected chi connectivity index (χ3v) is 9.76. The van der Waals surface area contributed by atoms with Gasteiger partial charge < -0.3 is 25.4 Å². The number of ether oxygens (including phenoxy) is 2. The summed E-state index contributed by atoms with van der Waals surface area (Å²) in [5.74, 6) is 0.211. The first-order valence-electron chi connectivity index (χ1n) is 14.2. The van der Waals surface area contributed by atoms with Gasteiger partial charge in [0, 0.05) is 23.9 Å². The first-order valence-corrected chi connectivity index (χ1v) is 14.2. The molecule has 5 heteroatoms. The van der Waals surface area contributed by atoms with Gasteiger partial charge in [0.25, 0.3) is 0 Å². The second-order valence-electron chi connectivity index (χ2n) is 15.1. The Morgan fingerprint density at radius 2 is 1.51 bits per heavy atom. The monoisotopic (exact) mass is 519 g/mol. The Hall–Kier alpha value is -1.14. The van der Waals surface area contributed by atoms with Crippen LogP contribution < -0.4 is 5.73 Å². The molecule has 1 heterocycles. The molecular weight excluding hydrogens is 462 g/mol. The van der Waals surface area contributed by atoms with Crippen LogP contribution in [-0.4, -0.2) is 35.1 Å². The zero-order valence-corrected chi connectivity index (χ0v) is 25.6. The van der Waals surface area contributed by atoms with E-state index in [9.17, 15) is 10.2 Å². The molecular formula is C32H57NO4. The van der Waals surface area contributed by atoms with Gasteiger partial charge in [-0.3, -0.25) is 0 Å². The van der Waals surface area contributed by atoms with Gasteiger partial charge in [-0.25, -0.2) is 0 Å². The van der Waals surface area contributed by atoms with Gasteiger partial charge in [0.2, 0.25) is 0 Å². The fraction of sp³-hybridized carbons (Fsp3) is 0.812. The highest BCUT2D eigenvalue weighted by atomic mass is 16.7. The van der Waals surface area contributed by atoms with E-state index in [1.165, 1.54) is 0 Å². The lowest BCUT2D eigenvalue weighted by Gasteiger charge is -2.53. The van der Waals surface area contributed by atoms with Crippen molar-refractivity contribution >= 4 is 0 Å². The summed E-state index contributed by atoms with van der Waals surface area (Å²) >= 11 is 0. The minimum Gasteiger partial charge on any atom is -0.508 e. The Labute approximate surface area is 227 Å². The quantitative estimate of drug-likeness (QED) is 0.280. The van der Waals surface area contributed by atoms with Crippen LogP contribution in [0.4, 0.5) is 0 Å². The van der Waals surface area contributed by atoms with Crippen LogP contribution in [-0.2, 0) is 9.47 Å². The van der Waals surface area contributed by atoms with Crippen LogP contribution in [0.3, 0.4) is 0 Å². The molecule has 0 radical (unpaired) electrons. The number of nitrogens with two attached hydrogens (primary N) is 1. The Bertz CT molecular complexity index is 870. The van der Waals surface area contributed by atoms with E-state index in [0.29, 0.717) is 6.54 Å². The highest BCUT2D eigenvalue weighted by Gasteiger charge is 2.51. The number of benzene rings is 1. The Kier molecular flexibility index (Phi) is 10.0. The van der Waals surface area contributed by atoms with Crippen molar-refractivity contribution < 1.29 is 19.7 Å². The largest absolute Gasteiger partial charge is 0.508 e. The van der Waals surface area contributed by atoms with E-state index in [1.54, 1.807) is 12.1 Å². The number of aromatic hydroxyl groups is 1. The minimum atomic E-state index is -0.540. The topological polar surface area (TPSA) is 84.9 Å². The first kappa shape index (κ1) is 32.1. The third-order valence-electron chi connectivity index (χ3n) is 9.76. The van der Waals surface area contributed by atoms with E-state index in [0.717, 1.165) is 37.7 Å². The molecule has 1 saturated heterocycles. The Balaban J connectivity index is 2.35. The standard InChI is InChI=1S/C32H57NO4/c1-22(34)19-31(9,10)29(5,6)15-16-30(7,8)32(11,21-33)26-18-25(20-28(2,3)4)36-27(37-26)23-13-12-14-24(35)17-23/h12-14,17,22,25-27,34-35H,15-16,18-21,33H2,1-11H3. The van der Waals surface area contributed by atoms with E-state index in [1.807, 2.05) is 19.1 Å². The van der Waals surface area contributed by atoms with Crippen LogP contribution >= 0.6 is 0 Å². The molecule has 5 nitrogen and oxygen atoms in total. The van der Waals surface area contributed by atoms with Crippen LogP contribution in [0.15, 0.2) is 24.3 Å². The molecule has 0 spiro atoms. The number of aliphatic hydroxyl groups excluding tert-OH is 1. The Morgan fingerprint density at radius 1 is 0.919 bits per heavy atom. The molecule has 1 fully saturated rings. The second-order valence-corrected chi connectivity index (χ2v) is 15.1. The molecule has 2 rings (SSSR count). The number of hydrogen-bond donors (Lipinski definition) is 3. The zero-order chi connectivity index (χ0) is 28.4. The molecule has 0 saturated carbocycles. The van der Waals surface area contributed by atoms with Crippen LogP contribution in [0.2, 0.25) is 0 Å². The molecule has 0 bridgehead atoms. The van der Waals surface area contributed by atoms with Crippen molar-refractivity contribution in [3.8, 4) is 5.75 Å². The van der Waals surface area contributed by atoms with E-state index in [-0.39, 0.29) is 51.1 Å². The SMILES string of the molecule is CC(O)CC(C)(C)C(C)(C)CCC(C)(C)C(C)(CN)C1CC(CC(C)(C)C)OC(c2cccc(O)c2)O1. The number of phenolic OH excluding ortho intramolecular Hbond substituents is 1. The van der Waals surface area contributed by atoms with Crippen LogP contribution in [0.1, 0.15) is 120 Å². The van der Waals surface area contributed by atoms with Crippen LogP contribution in [0.5, 0.6) is 5.75 Å². The predicted molar refractivity (Wildman–Crippen MR) is 153 cm³/mol. The molecule has 5 unspecified atom stereocenters. The molecule has 0 aromatic heterocycles. The maximum Gasteiger partial charge on any atom is 0.184 e. The van der Waals surface area contributed by atoms with Crippen molar-refractivity contribution in [1.82, 2.24) is 0 Å². The van der Waals surface area contributed by atoms with Gasteiger partial charge in [-0.2, -0.15) is 0 Å². The van der Waals surface area contributed by atoms with Crippen LogP contribution in [0.25, 0.3) is 0 Å². The molecule has 1 aromatic carbocycles. The highest BCUT2D eigenvalue weighted by molar-refractivity contribution is 5.28. The summed E-state index contributed by atoms with van der Waals surface area (Å²) in [6.45, 7) is 25.3. The first-order chi connectivity index (χ1) is 16.7. The predicted octanol–water partition coefficient (Wildman–Crippen LogP) is 7.60. The maximum atomic E-state index is 10.1. The van der Waals surface area contributed by atoms with Gasteiger partial charge in [0.05, 0.1) is 18.3 Å². The lowest BCUT2D eigenvalue weighted by molar-refractivity contribution is -0.284. The molecule has 5 atom stereocenters. The van der Waals surface area contributed by atoms with E-state index in [2.05, 4.69) is 69.2 Å². The zero-order valence-electron chi connectivity index (χ0n) is 25.6. The van der Waals surface area contributed by atoms with Crippen molar-refractivity contribution in [2.45, 2.75) is 133 Å². The second kappa shape index (κ2) is 11.5. The van der Waals surface area contributed by atoms with Crippen molar-refractivity contribution in [3.63, 3.8) is 0 Å². The van der Waals surface area contributed by atoms with Gasteiger partial charge in [0.15, 0.2) is 6.29 Å². The lowest BCUT2D eigenvalue weighted by atomic mass is 9.56. The third kappa shape index (κ3) is 7.94. The summed E-state index contributed by atoms with van der Waals surface area (Å²) in [5.41, 5.74) is 7.22. The fourth-order valence-electron chi connectivity index (χ4n) is 5.87. The van der Waals surface area contributed by atoms with Gasteiger partial charge in [-0.05, 0) is 66.4 Å². The molecule has 1 aromatic rings. The molecule has 0 aliphatic carbocycles. The normalized spacial score (nSPS) is 24.5. The Morgan fingerprint density at radius 3 is 2.03 bits per heavy atom. The van der Waals surface area contributed by atoms with E-state index >= 15 is 0 Å². The molecule has 1 aliphatic rings. The van der Waals surface area contributed by atoms with E-state index in [4.69, 9.17) is 15.2 Å². The fourth-order valence-corrected chi connectivity index (χ4v) is 5.87. The van der Waals surface area contributed by atoms with Gasteiger partial charge in [-0.1, -0.05) is 81.4 Å². The minimum absolute atomic E-state index is 0.00372. The van der Waals surface area contributed by atoms with Crippen molar-refractivity contribution in [2.24, 2.45) is 32.8 Å². The summed E-state index contributed by atoms with van der Waals surface area (Å²) in [7, 11) is 0. The highest BCUT2D eigenvalue weighted by Crippen LogP contribution is 2.54. The van der Waals surface area contributed by atoms with Gasteiger partial charge in [0.1, 0.15) is 5.75 Å². The number of hydrogen-bond acceptors (Lipinski definition) is 5. The summed E-state index contributed by atoms with van der Waals surface area (Å²) in [4.78, 5) is 0.